The van der Waals surface area contributed by atoms with E-state index in [0.717, 1.165) is 34.1 Å². The molecule has 3 nitrogen and oxygen atoms in total. The molecular weight excluding hydrogens is 387 g/mol. The Bertz CT molecular complexity index is 1170. The predicted octanol–water partition coefficient (Wildman–Crippen LogP) is 6.20. The molecule has 0 saturated carbocycles. The maximum atomic E-state index is 13.6. The summed E-state index contributed by atoms with van der Waals surface area (Å²) in [6.07, 6.45) is 2.42. The highest BCUT2D eigenvalue weighted by atomic mass is 19.1. The van der Waals surface area contributed by atoms with Crippen LogP contribution in [-0.4, -0.2) is 10.5 Å². The van der Waals surface area contributed by atoms with Crippen LogP contribution >= 0.6 is 0 Å². The number of hydrogen-bond donors (Lipinski definition) is 1. The van der Waals surface area contributed by atoms with Crippen molar-refractivity contribution in [1.29, 1.82) is 0 Å². The Morgan fingerprint density at radius 3 is 2.32 bits per heavy atom. The average molecular weight is 415 g/mol. The van der Waals surface area contributed by atoms with E-state index in [0.29, 0.717) is 6.42 Å². The fourth-order valence-corrected chi connectivity index (χ4v) is 4.23. The number of halogens is 1. The molecule has 0 aliphatic carbocycles. The van der Waals surface area contributed by atoms with Crippen molar-refractivity contribution in [3.8, 4) is 0 Å². The predicted molar refractivity (Wildman–Crippen MR) is 123 cm³/mol. The van der Waals surface area contributed by atoms with Gasteiger partial charge in [-0.05, 0) is 48.7 Å². The summed E-state index contributed by atoms with van der Waals surface area (Å²) in [7, 11) is 0. The molecule has 0 bridgehead atoms. The van der Waals surface area contributed by atoms with Crippen molar-refractivity contribution in [2.45, 2.75) is 38.8 Å². The Morgan fingerprint density at radius 2 is 1.61 bits per heavy atom. The van der Waals surface area contributed by atoms with Gasteiger partial charge in [0.2, 0.25) is 5.91 Å². The van der Waals surface area contributed by atoms with E-state index in [1.807, 2.05) is 49.4 Å². The van der Waals surface area contributed by atoms with Crippen molar-refractivity contribution in [1.82, 2.24) is 9.88 Å². The van der Waals surface area contributed by atoms with Crippen LogP contribution in [0.2, 0.25) is 0 Å². The van der Waals surface area contributed by atoms with E-state index in [2.05, 4.69) is 35.1 Å². The van der Waals surface area contributed by atoms with Crippen molar-refractivity contribution in [2.75, 3.05) is 0 Å². The van der Waals surface area contributed by atoms with E-state index in [9.17, 15) is 9.18 Å². The van der Waals surface area contributed by atoms with Crippen molar-refractivity contribution < 1.29 is 9.18 Å². The van der Waals surface area contributed by atoms with Crippen molar-refractivity contribution in [3.63, 3.8) is 0 Å². The van der Waals surface area contributed by atoms with Crippen LogP contribution < -0.4 is 5.32 Å². The van der Waals surface area contributed by atoms with Gasteiger partial charge >= 0.3 is 0 Å². The Balaban J connectivity index is 1.68. The molecule has 1 heterocycles. The van der Waals surface area contributed by atoms with Gasteiger partial charge < -0.3 is 9.88 Å². The minimum Gasteiger partial charge on any atom is -0.350 e. The average Bonchev–Trinajstić information content (AvgIpc) is 3.17. The second-order valence-electron chi connectivity index (χ2n) is 7.90. The van der Waals surface area contributed by atoms with Crippen LogP contribution in [0.3, 0.4) is 0 Å². The molecule has 3 aromatic carbocycles. The minimum atomic E-state index is -0.277. The largest absolute Gasteiger partial charge is 0.350 e. The number of carbonyl (C=O) groups excluding carboxylic acids is 1. The first-order valence-electron chi connectivity index (χ1n) is 10.7. The molecule has 2 atom stereocenters. The van der Waals surface area contributed by atoms with Gasteiger partial charge in [-0.2, -0.15) is 0 Å². The third-order valence-electron chi connectivity index (χ3n) is 5.87. The first-order chi connectivity index (χ1) is 15.1. The van der Waals surface area contributed by atoms with Gasteiger partial charge in [0.25, 0.3) is 0 Å². The molecule has 158 valence electrons. The molecule has 0 aliphatic heterocycles. The van der Waals surface area contributed by atoms with Crippen LogP contribution in [0.1, 0.15) is 48.9 Å². The number of nitrogens with zero attached hydrogens (tertiary/aromatic N) is 1. The number of benzene rings is 3. The molecule has 1 amide bonds. The summed E-state index contributed by atoms with van der Waals surface area (Å²) < 4.78 is 15.8. The van der Waals surface area contributed by atoms with Crippen LogP contribution in [0.4, 0.5) is 4.39 Å². The van der Waals surface area contributed by atoms with Gasteiger partial charge in [-0.25, -0.2) is 4.39 Å². The summed E-state index contributed by atoms with van der Waals surface area (Å²) in [5.41, 5.74) is 4.23. The third-order valence-corrected chi connectivity index (χ3v) is 5.87. The lowest BCUT2D eigenvalue weighted by molar-refractivity contribution is -0.121. The van der Waals surface area contributed by atoms with E-state index in [-0.39, 0.29) is 23.7 Å². The highest BCUT2D eigenvalue weighted by Crippen LogP contribution is 2.35. The first-order valence-corrected chi connectivity index (χ1v) is 10.7. The number of aryl methyl sites for hydroxylation is 1. The Hall–Kier alpha value is -3.40. The topological polar surface area (TPSA) is 34.0 Å². The van der Waals surface area contributed by atoms with Crippen molar-refractivity contribution >= 4 is 16.8 Å². The Labute approximate surface area is 182 Å². The molecule has 0 saturated heterocycles. The molecule has 4 heteroatoms. The Morgan fingerprint density at radius 1 is 0.935 bits per heavy atom. The second kappa shape index (κ2) is 9.17. The molecule has 0 fully saturated rings. The molecule has 0 radical (unpaired) electrons. The zero-order valence-electron chi connectivity index (χ0n) is 17.9. The van der Waals surface area contributed by atoms with Gasteiger partial charge in [0.05, 0.1) is 6.04 Å². The maximum absolute atomic E-state index is 13.6. The fourth-order valence-electron chi connectivity index (χ4n) is 4.23. The third kappa shape index (κ3) is 4.53. The number of nitrogens with one attached hydrogen (secondary N) is 1. The second-order valence-corrected chi connectivity index (χ2v) is 7.90. The van der Waals surface area contributed by atoms with Gasteiger partial charge in [-0.1, -0.05) is 60.7 Å². The van der Waals surface area contributed by atoms with Gasteiger partial charge in [-0.3, -0.25) is 4.79 Å². The quantitative estimate of drug-likeness (QED) is 0.384. The summed E-state index contributed by atoms with van der Waals surface area (Å²) in [5, 5.41) is 4.25. The molecule has 1 N–H and O–H groups in total. The molecular formula is C27H27FN2O. The molecule has 31 heavy (non-hydrogen) atoms. The van der Waals surface area contributed by atoms with E-state index in [1.165, 1.54) is 12.1 Å². The number of rotatable bonds is 7. The van der Waals surface area contributed by atoms with E-state index < -0.39 is 0 Å². The normalized spacial score (nSPS) is 13.1. The van der Waals surface area contributed by atoms with E-state index >= 15 is 0 Å². The zero-order chi connectivity index (χ0) is 21.8. The van der Waals surface area contributed by atoms with Crippen LogP contribution in [-0.2, 0) is 11.3 Å². The lowest BCUT2D eigenvalue weighted by Gasteiger charge is -2.20. The highest BCUT2D eigenvalue weighted by molar-refractivity contribution is 5.86. The summed E-state index contributed by atoms with van der Waals surface area (Å²) in [5.74, 6) is -0.471. The summed E-state index contributed by atoms with van der Waals surface area (Å²) in [6, 6.07) is 24.6. The number of fused-ring (bicyclic) bond motifs is 1. The monoisotopic (exact) mass is 414 g/mol. The van der Waals surface area contributed by atoms with Crippen LogP contribution in [0.15, 0.2) is 85.1 Å². The Kier molecular flexibility index (Phi) is 6.17. The summed E-state index contributed by atoms with van der Waals surface area (Å²) in [4.78, 5) is 13.1. The molecule has 0 unspecified atom stereocenters. The maximum Gasteiger partial charge on any atom is 0.221 e. The highest BCUT2D eigenvalue weighted by Gasteiger charge is 2.23. The smallest absolute Gasteiger partial charge is 0.221 e. The van der Waals surface area contributed by atoms with Crippen LogP contribution in [0.5, 0.6) is 0 Å². The standard InChI is InChI=1S/C27H27FN2O/c1-3-30-18-25(23-11-7-8-12-26(23)30)24(21-13-15-22(28)16-14-21)17-27(31)29-19(2)20-9-5-4-6-10-20/h4-16,18-19,24H,3,17H2,1-2H3,(H,29,31)/t19-,24+/m1/s1. The van der Waals surface area contributed by atoms with E-state index in [4.69, 9.17) is 0 Å². The number of carbonyl (C=O) groups is 1. The first kappa shape index (κ1) is 20.9. The molecule has 0 spiro atoms. The molecule has 4 aromatic rings. The molecule has 4 rings (SSSR count). The van der Waals surface area contributed by atoms with Crippen molar-refractivity contribution in [3.05, 3.63) is 108 Å². The van der Waals surface area contributed by atoms with Gasteiger partial charge in [-0.15, -0.1) is 0 Å². The molecule has 1 aromatic heterocycles. The number of para-hydroxylation sites is 1. The number of aromatic nitrogens is 1. The fraction of sp³-hybridized carbons (Fsp3) is 0.222. The van der Waals surface area contributed by atoms with Gasteiger partial charge in [0.15, 0.2) is 0 Å². The van der Waals surface area contributed by atoms with Crippen molar-refractivity contribution in [2.24, 2.45) is 0 Å². The lowest BCUT2D eigenvalue weighted by Crippen LogP contribution is -2.28. The number of amides is 1. The molecule has 0 aliphatic rings. The number of hydrogen-bond acceptors (Lipinski definition) is 1. The summed E-state index contributed by atoms with van der Waals surface area (Å²) >= 11 is 0. The minimum absolute atomic E-state index is 0.0287. The van der Waals surface area contributed by atoms with Gasteiger partial charge in [0.1, 0.15) is 5.82 Å². The summed E-state index contributed by atoms with van der Waals surface area (Å²) in [6.45, 7) is 4.94. The zero-order valence-corrected chi connectivity index (χ0v) is 17.9. The SMILES string of the molecule is CCn1cc([C@@H](CC(=O)N[C@H](C)c2ccccc2)c2ccc(F)cc2)c2ccccc21. The lowest BCUT2D eigenvalue weighted by atomic mass is 9.88. The van der Waals surface area contributed by atoms with Gasteiger partial charge in [0, 0.05) is 36.0 Å². The van der Waals surface area contributed by atoms with Crippen LogP contribution in [0.25, 0.3) is 10.9 Å². The van der Waals surface area contributed by atoms with Crippen LogP contribution in [0, 0.1) is 5.82 Å². The van der Waals surface area contributed by atoms with E-state index in [1.54, 1.807) is 12.1 Å².